The van der Waals surface area contributed by atoms with E-state index in [1.54, 1.807) is 4.90 Å². The number of benzene rings is 2. The van der Waals surface area contributed by atoms with Crippen molar-refractivity contribution in [1.82, 2.24) is 14.5 Å². The number of carboxylic acid groups (broad SMARTS) is 1. The van der Waals surface area contributed by atoms with Crippen molar-refractivity contribution < 1.29 is 19.4 Å². The van der Waals surface area contributed by atoms with Gasteiger partial charge in [0.2, 0.25) is 0 Å². The summed E-state index contributed by atoms with van der Waals surface area (Å²) in [4.78, 5) is 31.1. The van der Waals surface area contributed by atoms with Gasteiger partial charge in [-0.15, -0.1) is 0 Å². The number of rotatable bonds is 5. The summed E-state index contributed by atoms with van der Waals surface area (Å²) in [5.41, 5.74) is 4.99. The fourth-order valence-corrected chi connectivity index (χ4v) is 6.02. The second-order valence-corrected chi connectivity index (χ2v) is 10.7. The van der Waals surface area contributed by atoms with Crippen LogP contribution in [0.5, 0.6) is 0 Å². The molecule has 36 heavy (non-hydrogen) atoms. The molecule has 0 unspecified atom stereocenters. The first-order valence-corrected chi connectivity index (χ1v) is 12.9. The fraction of sp³-hybridized carbons (Fsp3) is 0.483. The maximum absolute atomic E-state index is 12.3. The van der Waals surface area contributed by atoms with Crippen LogP contribution in [0.15, 0.2) is 42.5 Å². The highest BCUT2D eigenvalue weighted by molar-refractivity contribution is 5.82. The van der Waals surface area contributed by atoms with Crippen LogP contribution in [0, 0.1) is 5.41 Å². The molecule has 1 fully saturated rings. The minimum atomic E-state index is -0.705. The Morgan fingerprint density at radius 2 is 1.89 bits per heavy atom. The third kappa shape index (κ3) is 4.36. The van der Waals surface area contributed by atoms with Crippen molar-refractivity contribution in [3.05, 3.63) is 65.0 Å². The summed E-state index contributed by atoms with van der Waals surface area (Å²) < 4.78 is 7.38. The summed E-state index contributed by atoms with van der Waals surface area (Å²) in [6.45, 7) is 5.23. The van der Waals surface area contributed by atoms with E-state index in [2.05, 4.69) is 47.9 Å². The molecular weight excluding hydrogens is 454 g/mol. The monoisotopic (exact) mass is 489 g/mol. The maximum Gasteiger partial charge on any atom is 0.409 e. The van der Waals surface area contributed by atoms with E-state index in [1.807, 2.05) is 13.0 Å². The maximum atomic E-state index is 12.3. The van der Waals surface area contributed by atoms with Crippen LogP contribution in [0.1, 0.15) is 74.0 Å². The summed E-state index contributed by atoms with van der Waals surface area (Å²) in [5.74, 6) is 0.548. The number of carboxylic acids is 1. The lowest BCUT2D eigenvalue weighted by molar-refractivity contribution is -0.150. The smallest absolute Gasteiger partial charge is 0.409 e. The molecule has 0 spiro atoms. The van der Waals surface area contributed by atoms with Crippen LogP contribution in [-0.2, 0) is 28.9 Å². The number of methoxy groups -OCH3 is 1. The molecule has 1 amide bonds. The van der Waals surface area contributed by atoms with Crippen molar-refractivity contribution in [2.75, 3.05) is 13.7 Å². The van der Waals surface area contributed by atoms with Gasteiger partial charge >= 0.3 is 12.1 Å². The Morgan fingerprint density at radius 3 is 2.56 bits per heavy atom. The van der Waals surface area contributed by atoms with Crippen molar-refractivity contribution in [2.45, 2.75) is 70.9 Å². The minimum Gasteiger partial charge on any atom is -0.481 e. The molecule has 0 saturated heterocycles. The predicted molar refractivity (Wildman–Crippen MR) is 138 cm³/mol. The molecule has 7 nitrogen and oxygen atoms in total. The van der Waals surface area contributed by atoms with E-state index < -0.39 is 11.4 Å². The van der Waals surface area contributed by atoms with Gasteiger partial charge in [-0.3, -0.25) is 4.79 Å². The molecule has 7 heteroatoms. The normalized spacial score (nSPS) is 22.8. The lowest BCUT2D eigenvalue weighted by Crippen LogP contribution is -2.35. The number of nitrogens with zero attached hydrogens (tertiary/aromatic N) is 3. The van der Waals surface area contributed by atoms with Crippen molar-refractivity contribution in [3.63, 3.8) is 0 Å². The third-order valence-electron chi connectivity index (χ3n) is 8.31. The lowest BCUT2D eigenvalue weighted by atomic mass is 9.71. The Balaban J connectivity index is 1.57. The lowest BCUT2D eigenvalue weighted by Gasteiger charge is -2.34. The number of fused-ring (bicyclic) bond motifs is 3. The summed E-state index contributed by atoms with van der Waals surface area (Å²) in [7, 11) is 1.42. The number of imidazole rings is 1. The van der Waals surface area contributed by atoms with Crippen LogP contribution in [0.2, 0.25) is 0 Å². The van der Waals surface area contributed by atoms with Crippen LogP contribution in [-0.4, -0.2) is 45.3 Å². The Labute approximate surface area is 212 Å². The van der Waals surface area contributed by atoms with Gasteiger partial charge in [-0.25, -0.2) is 9.78 Å². The molecule has 2 heterocycles. The number of hydrogen-bond donors (Lipinski definition) is 1. The van der Waals surface area contributed by atoms with Crippen LogP contribution in [0.4, 0.5) is 4.79 Å². The van der Waals surface area contributed by atoms with Gasteiger partial charge in [-0.2, -0.15) is 0 Å². The average molecular weight is 490 g/mol. The van der Waals surface area contributed by atoms with Crippen molar-refractivity contribution in [1.29, 1.82) is 0 Å². The van der Waals surface area contributed by atoms with E-state index in [0.29, 0.717) is 25.9 Å². The Bertz CT molecular complexity index is 1270. The molecule has 0 bridgehead atoms. The first-order valence-electron chi connectivity index (χ1n) is 12.9. The van der Waals surface area contributed by atoms with Gasteiger partial charge < -0.3 is 19.3 Å². The molecule has 2 aliphatic rings. The van der Waals surface area contributed by atoms with Crippen LogP contribution >= 0.6 is 0 Å². The molecule has 5 rings (SSSR count). The molecule has 3 aromatic rings. The summed E-state index contributed by atoms with van der Waals surface area (Å²) in [6.07, 6.45) is 4.26. The topological polar surface area (TPSA) is 84.7 Å². The first kappa shape index (κ1) is 24.3. The number of aromatic nitrogens is 2. The average Bonchev–Trinajstić information content (AvgIpc) is 3.29. The molecule has 1 atom stereocenters. The zero-order chi connectivity index (χ0) is 25.4. The van der Waals surface area contributed by atoms with Crippen LogP contribution in [0.25, 0.3) is 11.0 Å². The molecule has 0 radical (unpaired) electrons. The molecule has 1 N–H and O–H groups in total. The highest BCUT2D eigenvalue weighted by atomic mass is 16.5. The van der Waals surface area contributed by atoms with Gasteiger partial charge in [0, 0.05) is 24.1 Å². The predicted octanol–water partition coefficient (Wildman–Crippen LogP) is 5.71. The first-order chi connectivity index (χ1) is 17.3. The molecular formula is C29H35N3O4. The third-order valence-corrected chi connectivity index (χ3v) is 8.31. The quantitative estimate of drug-likeness (QED) is 0.496. The van der Waals surface area contributed by atoms with Gasteiger partial charge in [0.1, 0.15) is 5.82 Å². The number of amides is 1. The zero-order valence-corrected chi connectivity index (χ0v) is 21.4. The molecule has 1 saturated carbocycles. The number of carbonyl (C=O) groups excluding carboxylic acids is 1. The Hall–Kier alpha value is -3.35. The second-order valence-electron chi connectivity index (χ2n) is 10.7. The summed E-state index contributed by atoms with van der Waals surface area (Å²) >= 11 is 0. The molecule has 1 aliphatic carbocycles. The molecule has 1 aliphatic heterocycles. The van der Waals surface area contributed by atoms with E-state index in [4.69, 9.17) is 9.72 Å². The Morgan fingerprint density at radius 1 is 1.17 bits per heavy atom. The van der Waals surface area contributed by atoms with Gasteiger partial charge in [-0.05, 0) is 69.6 Å². The highest BCUT2D eigenvalue weighted by Gasteiger charge is 2.39. The Kier molecular flexibility index (Phi) is 6.49. The van der Waals surface area contributed by atoms with E-state index in [9.17, 15) is 14.7 Å². The van der Waals surface area contributed by atoms with Gasteiger partial charge in [-0.1, -0.05) is 36.4 Å². The SMILES string of the molecule is COC(=O)N1CCc2ccc3c(nc([C@H]4CC[C@@](C)(C(=O)O)CC4)n3[C@@H](C)Cc3ccccc3)c2C1. The zero-order valence-electron chi connectivity index (χ0n) is 21.4. The number of hydrogen-bond acceptors (Lipinski definition) is 4. The van der Waals surface area contributed by atoms with E-state index >= 15 is 0 Å². The number of aliphatic carboxylic acids is 1. The van der Waals surface area contributed by atoms with Crippen LogP contribution in [0.3, 0.4) is 0 Å². The summed E-state index contributed by atoms with van der Waals surface area (Å²) in [5, 5.41) is 9.73. The molecule has 2 aromatic carbocycles. The van der Waals surface area contributed by atoms with Crippen LogP contribution < -0.4 is 0 Å². The number of carbonyl (C=O) groups is 2. The van der Waals surface area contributed by atoms with Crippen molar-refractivity contribution in [2.24, 2.45) is 5.41 Å². The van der Waals surface area contributed by atoms with Gasteiger partial charge in [0.15, 0.2) is 0 Å². The largest absolute Gasteiger partial charge is 0.481 e. The van der Waals surface area contributed by atoms with Crippen molar-refractivity contribution >= 4 is 23.1 Å². The van der Waals surface area contributed by atoms with E-state index in [1.165, 1.54) is 18.2 Å². The second kappa shape index (κ2) is 9.60. The van der Waals surface area contributed by atoms with Gasteiger partial charge in [0.25, 0.3) is 0 Å². The van der Waals surface area contributed by atoms with Gasteiger partial charge in [0.05, 0.1) is 30.1 Å². The molecule has 1 aromatic heterocycles. The van der Waals surface area contributed by atoms with E-state index in [-0.39, 0.29) is 18.1 Å². The standard InChI is InChI=1S/C29H35N3O4/c1-19(17-20-7-5-4-6-8-20)32-24-10-9-21-13-16-31(28(35)36-3)18-23(21)25(24)30-26(32)22-11-14-29(2,15-12-22)27(33)34/h4-10,19,22H,11-18H2,1-3H3,(H,33,34)/t19-,22-,29+/m0/s1. The van der Waals surface area contributed by atoms with E-state index in [0.717, 1.165) is 48.1 Å². The molecule has 190 valence electrons. The fourth-order valence-electron chi connectivity index (χ4n) is 6.02. The number of ether oxygens (including phenoxy) is 1. The minimum absolute atomic E-state index is 0.179. The highest BCUT2D eigenvalue weighted by Crippen LogP contribution is 2.44. The summed E-state index contributed by atoms with van der Waals surface area (Å²) in [6, 6.07) is 15.0. The van der Waals surface area contributed by atoms with Crippen molar-refractivity contribution in [3.8, 4) is 0 Å².